The van der Waals surface area contributed by atoms with Crippen LogP contribution >= 0.6 is 0 Å². The maximum Gasteiger partial charge on any atom is 0.191 e. The summed E-state index contributed by atoms with van der Waals surface area (Å²) >= 11 is 0. The van der Waals surface area contributed by atoms with E-state index in [0.29, 0.717) is 5.73 Å². The molecule has 0 saturated carbocycles. The van der Waals surface area contributed by atoms with E-state index in [1.165, 1.54) is 41.5 Å². The molecule has 4 rings (SSSR count). The van der Waals surface area contributed by atoms with Crippen molar-refractivity contribution in [2.24, 2.45) is 0 Å². The predicted molar refractivity (Wildman–Crippen MR) is 86.9 cm³/mol. The Labute approximate surface area is 128 Å². The Morgan fingerprint density at radius 1 is 0.905 bits per heavy atom. The second-order valence-electron chi connectivity index (χ2n) is 5.88. The Hall–Kier alpha value is -1.42. The summed E-state index contributed by atoms with van der Waals surface area (Å²) < 4.78 is 12.3. The fourth-order valence-corrected chi connectivity index (χ4v) is 4.92. The molecule has 1 unspecified atom stereocenters. The first-order valence-corrected chi connectivity index (χ1v) is 9.24. The van der Waals surface area contributed by atoms with Crippen molar-refractivity contribution in [3.05, 3.63) is 59.7 Å². The van der Waals surface area contributed by atoms with E-state index in [-0.39, 0.29) is 6.10 Å². The molecule has 0 spiro atoms. The minimum absolute atomic E-state index is 0.120. The maximum atomic E-state index is 6.41. The van der Waals surface area contributed by atoms with Gasteiger partial charge in [-0.2, -0.15) is 0 Å². The van der Waals surface area contributed by atoms with Crippen molar-refractivity contribution >= 4 is 9.76 Å². The van der Waals surface area contributed by atoms with E-state index in [2.05, 4.69) is 48.5 Å². The summed E-state index contributed by atoms with van der Waals surface area (Å²) in [6.07, 6.45) is 3.80. The summed E-state index contributed by atoms with van der Waals surface area (Å²) in [5.41, 5.74) is 5.70. The molecule has 2 aromatic rings. The molecule has 1 saturated heterocycles. The highest BCUT2D eigenvalue weighted by Gasteiger charge is 2.29. The maximum absolute atomic E-state index is 6.41. The fraction of sp³-hybridized carbons (Fsp3) is 0.333. The molecule has 2 aliphatic rings. The zero-order valence-electron chi connectivity index (χ0n) is 12.1. The van der Waals surface area contributed by atoms with Gasteiger partial charge in [0.1, 0.15) is 0 Å². The van der Waals surface area contributed by atoms with E-state index in [9.17, 15) is 0 Å². The Bertz CT molecular complexity index is 589. The van der Waals surface area contributed by atoms with Crippen LogP contribution in [0.5, 0.6) is 0 Å². The van der Waals surface area contributed by atoms with Crippen molar-refractivity contribution in [2.75, 3.05) is 6.61 Å². The van der Waals surface area contributed by atoms with Gasteiger partial charge in [-0.05, 0) is 41.5 Å². The predicted octanol–water partition coefficient (Wildman–Crippen LogP) is 3.38. The zero-order chi connectivity index (χ0) is 14.1. The van der Waals surface area contributed by atoms with Gasteiger partial charge in [-0.3, -0.25) is 0 Å². The van der Waals surface area contributed by atoms with E-state index in [4.69, 9.17) is 9.16 Å². The topological polar surface area (TPSA) is 18.5 Å². The molecular weight excluding hydrogens is 276 g/mol. The highest BCUT2D eigenvalue weighted by molar-refractivity contribution is 6.29. The highest BCUT2D eigenvalue weighted by atomic mass is 28.2. The average molecular weight is 296 g/mol. The number of hydrogen-bond acceptors (Lipinski definition) is 2. The lowest BCUT2D eigenvalue weighted by molar-refractivity contribution is 0.0522. The van der Waals surface area contributed by atoms with Gasteiger partial charge < -0.3 is 9.16 Å². The van der Waals surface area contributed by atoms with Gasteiger partial charge in [0.2, 0.25) is 0 Å². The van der Waals surface area contributed by atoms with E-state index < -0.39 is 9.76 Å². The highest BCUT2D eigenvalue weighted by Crippen LogP contribution is 2.44. The Kier molecular flexibility index (Phi) is 3.63. The van der Waals surface area contributed by atoms with Gasteiger partial charge >= 0.3 is 0 Å². The first-order chi connectivity index (χ1) is 10.4. The summed E-state index contributed by atoms with van der Waals surface area (Å²) in [5, 5.41) is 0. The summed E-state index contributed by atoms with van der Waals surface area (Å²) in [6, 6.07) is 17.3. The van der Waals surface area contributed by atoms with Crippen molar-refractivity contribution in [3.63, 3.8) is 0 Å². The van der Waals surface area contributed by atoms with Crippen molar-refractivity contribution in [1.29, 1.82) is 0 Å². The van der Waals surface area contributed by atoms with Crippen LogP contribution in [0, 0.1) is 0 Å². The van der Waals surface area contributed by atoms with E-state index in [1.807, 2.05) is 0 Å². The standard InChI is InChI=1S/C18H20O2Si/c1-3-9-15-13(7-1)14-8-2-4-10-16(14)18(15)20-21-17-11-5-6-12-19-17/h1-4,7-10,17-18H,5-6,11-12,21H2. The number of benzene rings is 2. The van der Waals surface area contributed by atoms with Crippen LogP contribution in [0.4, 0.5) is 0 Å². The third-order valence-corrected chi connectivity index (χ3v) is 6.04. The Morgan fingerprint density at radius 2 is 1.57 bits per heavy atom. The Balaban J connectivity index is 1.59. The molecule has 1 heterocycles. The average Bonchev–Trinajstić information content (AvgIpc) is 2.88. The summed E-state index contributed by atoms with van der Waals surface area (Å²) in [5.74, 6) is 0. The van der Waals surface area contributed by atoms with Crippen molar-refractivity contribution < 1.29 is 9.16 Å². The van der Waals surface area contributed by atoms with Crippen LogP contribution in [-0.4, -0.2) is 22.1 Å². The van der Waals surface area contributed by atoms with Crippen LogP contribution in [0.3, 0.4) is 0 Å². The van der Waals surface area contributed by atoms with Crippen LogP contribution in [0.15, 0.2) is 48.5 Å². The number of rotatable bonds is 3. The largest absolute Gasteiger partial charge is 0.410 e. The fourth-order valence-electron chi connectivity index (χ4n) is 3.43. The number of ether oxygens (including phenoxy) is 1. The van der Waals surface area contributed by atoms with Crippen LogP contribution in [0.1, 0.15) is 36.5 Å². The molecule has 1 aliphatic carbocycles. The summed E-state index contributed by atoms with van der Waals surface area (Å²) in [6.45, 7) is 0.916. The zero-order valence-corrected chi connectivity index (χ0v) is 13.5. The van der Waals surface area contributed by atoms with Crippen molar-refractivity contribution in [1.82, 2.24) is 0 Å². The second kappa shape index (κ2) is 5.76. The minimum Gasteiger partial charge on any atom is -0.410 e. The van der Waals surface area contributed by atoms with Crippen molar-refractivity contribution in [3.8, 4) is 11.1 Å². The SMILES string of the molecule is c1ccc2c(c1)-c1ccccc1C2O[SiH2]C1CCCCO1. The van der Waals surface area contributed by atoms with Gasteiger partial charge in [0.25, 0.3) is 0 Å². The lowest BCUT2D eigenvalue weighted by atomic mass is 10.1. The quantitative estimate of drug-likeness (QED) is 0.808. The summed E-state index contributed by atoms with van der Waals surface area (Å²) in [4.78, 5) is 0. The van der Waals surface area contributed by atoms with Gasteiger partial charge in [-0.25, -0.2) is 0 Å². The third-order valence-electron chi connectivity index (χ3n) is 4.50. The molecule has 1 aliphatic heterocycles. The van der Waals surface area contributed by atoms with Crippen molar-refractivity contribution in [2.45, 2.75) is 31.1 Å². The molecule has 0 aromatic heterocycles. The van der Waals surface area contributed by atoms with E-state index in [0.717, 1.165) is 6.61 Å². The molecule has 1 fully saturated rings. The lowest BCUT2D eigenvalue weighted by Gasteiger charge is -2.24. The molecule has 108 valence electrons. The van der Waals surface area contributed by atoms with E-state index >= 15 is 0 Å². The molecule has 0 radical (unpaired) electrons. The van der Waals surface area contributed by atoms with Gasteiger partial charge in [-0.1, -0.05) is 48.5 Å². The molecule has 2 nitrogen and oxygen atoms in total. The molecule has 0 amide bonds. The summed E-state index contributed by atoms with van der Waals surface area (Å²) in [7, 11) is -0.665. The van der Waals surface area contributed by atoms with Crippen LogP contribution in [-0.2, 0) is 9.16 Å². The first-order valence-electron chi connectivity index (χ1n) is 7.85. The molecule has 21 heavy (non-hydrogen) atoms. The smallest absolute Gasteiger partial charge is 0.191 e. The monoisotopic (exact) mass is 296 g/mol. The number of fused-ring (bicyclic) bond motifs is 3. The third kappa shape index (κ3) is 2.46. The minimum atomic E-state index is -0.665. The molecule has 3 heteroatoms. The molecule has 2 aromatic carbocycles. The van der Waals surface area contributed by atoms with Gasteiger partial charge in [0.05, 0.1) is 11.8 Å². The number of hydrogen-bond donors (Lipinski definition) is 0. The Morgan fingerprint density at radius 3 is 2.19 bits per heavy atom. The van der Waals surface area contributed by atoms with Crippen LogP contribution < -0.4 is 0 Å². The molecule has 1 atom stereocenters. The van der Waals surface area contributed by atoms with Gasteiger partial charge in [0.15, 0.2) is 9.76 Å². The van der Waals surface area contributed by atoms with Crippen LogP contribution in [0.25, 0.3) is 11.1 Å². The second-order valence-corrected chi connectivity index (χ2v) is 7.45. The van der Waals surface area contributed by atoms with Gasteiger partial charge in [-0.15, -0.1) is 0 Å². The van der Waals surface area contributed by atoms with E-state index in [1.54, 1.807) is 0 Å². The molecule has 0 N–H and O–H groups in total. The lowest BCUT2D eigenvalue weighted by Crippen LogP contribution is -2.28. The normalized spacial score (nSPS) is 21.6. The van der Waals surface area contributed by atoms with Gasteiger partial charge in [0, 0.05) is 6.61 Å². The molecule has 0 bridgehead atoms. The first kappa shape index (κ1) is 13.3. The molecular formula is C18H20O2Si. The van der Waals surface area contributed by atoms with Crippen LogP contribution in [0.2, 0.25) is 0 Å².